The van der Waals surface area contributed by atoms with Crippen molar-refractivity contribution in [3.63, 3.8) is 0 Å². The molecule has 7 heteroatoms. The molecular weight excluding hydrogens is 320 g/mol. The highest BCUT2D eigenvalue weighted by Crippen LogP contribution is 2.19. The number of hydrogen-bond acceptors (Lipinski definition) is 5. The van der Waals surface area contributed by atoms with E-state index >= 15 is 0 Å². The summed E-state index contributed by atoms with van der Waals surface area (Å²) in [7, 11) is 5.85. The van der Waals surface area contributed by atoms with Gasteiger partial charge in [-0.3, -0.25) is 4.99 Å². The van der Waals surface area contributed by atoms with Crippen molar-refractivity contribution in [2.75, 3.05) is 52.2 Å². The van der Waals surface area contributed by atoms with Gasteiger partial charge in [0, 0.05) is 33.1 Å². The molecular formula is C17H32N6S. The molecule has 2 heterocycles. The quantitative estimate of drug-likeness (QED) is 0.581. The molecule has 1 aliphatic heterocycles. The molecule has 136 valence electrons. The number of thiazole rings is 1. The van der Waals surface area contributed by atoms with E-state index in [0.29, 0.717) is 6.54 Å². The Hall–Kier alpha value is -1.34. The first-order valence-electron chi connectivity index (χ1n) is 8.91. The number of rotatable bonds is 7. The summed E-state index contributed by atoms with van der Waals surface area (Å²) >= 11 is 1.67. The van der Waals surface area contributed by atoms with Gasteiger partial charge in [-0.05, 0) is 44.8 Å². The van der Waals surface area contributed by atoms with E-state index < -0.39 is 0 Å². The maximum atomic E-state index is 4.58. The Morgan fingerprint density at radius 2 is 2.12 bits per heavy atom. The fraction of sp³-hybridized carbons (Fsp3) is 0.765. The highest BCUT2D eigenvalue weighted by atomic mass is 32.1. The second kappa shape index (κ2) is 9.84. The Kier molecular flexibility index (Phi) is 7.78. The number of likely N-dealkylation sites (tertiary alicyclic amines) is 1. The van der Waals surface area contributed by atoms with Crippen molar-refractivity contribution in [1.82, 2.24) is 20.5 Å². The largest absolute Gasteiger partial charge is 0.356 e. The van der Waals surface area contributed by atoms with Crippen LogP contribution in [0.15, 0.2) is 10.4 Å². The molecule has 1 aliphatic rings. The Labute approximate surface area is 150 Å². The zero-order chi connectivity index (χ0) is 17.4. The Morgan fingerprint density at radius 3 is 2.71 bits per heavy atom. The summed E-state index contributed by atoms with van der Waals surface area (Å²) in [5, 5.41) is 9.91. The fourth-order valence-corrected chi connectivity index (χ4v) is 3.72. The van der Waals surface area contributed by atoms with Crippen LogP contribution in [0.5, 0.6) is 0 Å². The molecule has 0 atom stereocenters. The monoisotopic (exact) mass is 352 g/mol. The molecule has 0 radical (unpaired) electrons. The third-order valence-corrected chi connectivity index (χ3v) is 5.64. The van der Waals surface area contributed by atoms with Gasteiger partial charge in [0.15, 0.2) is 11.1 Å². The van der Waals surface area contributed by atoms with E-state index in [2.05, 4.69) is 37.8 Å². The van der Waals surface area contributed by atoms with E-state index in [1.165, 1.54) is 38.9 Å². The number of hydrogen-bond donors (Lipinski definition) is 2. The normalized spacial score (nSPS) is 17.1. The van der Waals surface area contributed by atoms with Crippen molar-refractivity contribution in [2.45, 2.75) is 32.7 Å². The molecule has 1 fully saturated rings. The van der Waals surface area contributed by atoms with Gasteiger partial charge < -0.3 is 20.4 Å². The first kappa shape index (κ1) is 19.0. The number of nitrogens with zero attached hydrogens (tertiary/aromatic N) is 4. The van der Waals surface area contributed by atoms with Crippen LogP contribution in [0.25, 0.3) is 0 Å². The van der Waals surface area contributed by atoms with Gasteiger partial charge in [0.2, 0.25) is 0 Å². The van der Waals surface area contributed by atoms with Gasteiger partial charge in [-0.15, -0.1) is 11.3 Å². The first-order chi connectivity index (χ1) is 11.6. The lowest BCUT2D eigenvalue weighted by atomic mass is 9.93. The minimum Gasteiger partial charge on any atom is -0.356 e. The Balaban J connectivity index is 1.65. The highest BCUT2D eigenvalue weighted by Gasteiger charge is 2.17. The van der Waals surface area contributed by atoms with Crippen LogP contribution < -0.4 is 15.5 Å². The SMILES string of the molecule is CCN1CCC(CCNC(=NC)NCc2csc(N(C)C)n2)CC1. The average molecular weight is 353 g/mol. The molecule has 1 saturated heterocycles. The molecule has 0 aromatic carbocycles. The van der Waals surface area contributed by atoms with E-state index in [1.54, 1.807) is 11.3 Å². The number of aliphatic imine (C=N–C) groups is 1. The van der Waals surface area contributed by atoms with Crippen molar-refractivity contribution >= 4 is 22.4 Å². The number of nitrogens with one attached hydrogen (secondary N) is 2. The summed E-state index contributed by atoms with van der Waals surface area (Å²) < 4.78 is 0. The molecule has 24 heavy (non-hydrogen) atoms. The number of piperidine rings is 1. The zero-order valence-corrected chi connectivity index (χ0v) is 16.3. The smallest absolute Gasteiger partial charge is 0.191 e. The number of guanidine groups is 1. The third kappa shape index (κ3) is 5.94. The van der Waals surface area contributed by atoms with Crippen molar-refractivity contribution in [2.24, 2.45) is 10.9 Å². The van der Waals surface area contributed by atoms with Crippen molar-refractivity contribution in [1.29, 1.82) is 0 Å². The van der Waals surface area contributed by atoms with Gasteiger partial charge in [0.1, 0.15) is 0 Å². The summed E-state index contributed by atoms with van der Waals surface area (Å²) in [6.07, 6.45) is 3.88. The van der Waals surface area contributed by atoms with Crippen molar-refractivity contribution in [3.05, 3.63) is 11.1 Å². The molecule has 6 nitrogen and oxygen atoms in total. The van der Waals surface area contributed by atoms with E-state index in [-0.39, 0.29) is 0 Å². The summed E-state index contributed by atoms with van der Waals surface area (Å²) in [5.41, 5.74) is 1.05. The van der Waals surface area contributed by atoms with E-state index in [0.717, 1.165) is 29.2 Å². The maximum Gasteiger partial charge on any atom is 0.191 e. The molecule has 2 rings (SSSR count). The van der Waals surface area contributed by atoms with Gasteiger partial charge in [-0.2, -0.15) is 0 Å². The number of anilines is 1. The van der Waals surface area contributed by atoms with Crippen LogP contribution in [0.1, 0.15) is 31.9 Å². The minimum atomic E-state index is 0.707. The predicted octanol–water partition coefficient (Wildman–Crippen LogP) is 2.00. The van der Waals surface area contributed by atoms with E-state index in [1.807, 2.05) is 26.0 Å². The first-order valence-corrected chi connectivity index (χ1v) is 9.79. The van der Waals surface area contributed by atoms with Crippen LogP contribution in [0.4, 0.5) is 5.13 Å². The second-order valence-electron chi connectivity index (χ2n) is 6.53. The van der Waals surface area contributed by atoms with Crippen LogP contribution in [0, 0.1) is 5.92 Å². The van der Waals surface area contributed by atoms with Crippen LogP contribution in [0.3, 0.4) is 0 Å². The number of aromatic nitrogens is 1. The molecule has 1 aromatic rings. The average Bonchev–Trinajstić information content (AvgIpc) is 3.08. The summed E-state index contributed by atoms with van der Waals surface area (Å²) in [6.45, 7) is 7.64. The lowest BCUT2D eigenvalue weighted by Gasteiger charge is -2.31. The van der Waals surface area contributed by atoms with Crippen LogP contribution in [-0.2, 0) is 6.54 Å². The lowest BCUT2D eigenvalue weighted by Crippen LogP contribution is -2.39. The third-order valence-electron chi connectivity index (χ3n) is 4.58. The summed E-state index contributed by atoms with van der Waals surface area (Å²) in [4.78, 5) is 13.5. The molecule has 0 saturated carbocycles. The minimum absolute atomic E-state index is 0.707. The molecule has 0 unspecified atom stereocenters. The molecule has 0 bridgehead atoms. The predicted molar refractivity (Wildman–Crippen MR) is 104 cm³/mol. The molecule has 2 N–H and O–H groups in total. The molecule has 1 aromatic heterocycles. The van der Waals surface area contributed by atoms with Crippen LogP contribution >= 0.6 is 11.3 Å². The summed E-state index contributed by atoms with van der Waals surface area (Å²) in [5.74, 6) is 1.71. The maximum absolute atomic E-state index is 4.58. The van der Waals surface area contributed by atoms with Crippen molar-refractivity contribution in [3.8, 4) is 0 Å². The zero-order valence-electron chi connectivity index (χ0n) is 15.5. The van der Waals surface area contributed by atoms with Gasteiger partial charge in [-0.1, -0.05) is 6.92 Å². The standard InChI is InChI=1S/C17H32N6S/c1-5-23-10-7-14(8-11-23)6-9-19-16(18-2)20-12-15-13-24-17(21-15)22(3)4/h13-14H,5-12H2,1-4H3,(H2,18,19,20). The molecule has 0 amide bonds. The topological polar surface area (TPSA) is 55.8 Å². The van der Waals surface area contributed by atoms with E-state index in [9.17, 15) is 0 Å². The van der Waals surface area contributed by atoms with Crippen LogP contribution in [0.2, 0.25) is 0 Å². The lowest BCUT2D eigenvalue weighted by molar-refractivity contribution is 0.187. The highest BCUT2D eigenvalue weighted by molar-refractivity contribution is 7.13. The molecule has 0 aliphatic carbocycles. The Bertz CT molecular complexity index is 505. The van der Waals surface area contributed by atoms with Gasteiger partial charge >= 0.3 is 0 Å². The van der Waals surface area contributed by atoms with E-state index in [4.69, 9.17) is 0 Å². The van der Waals surface area contributed by atoms with Gasteiger partial charge in [0.05, 0.1) is 12.2 Å². The summed E-state index contributed by atoms with van der Waals surface area (Å²) in [6, 6.07) is 0. The van der Waals surface area contributed by atoms with Gasteiger partial charge in [0.25, 0.3) is 0 Å². The Morgan fingerprint density at radius 1 is 1.38 bits per heavy atom. The van der Waals surface area contributed by atoms with Crippen LogP contribution in [-0.4, -0.2) is 63.2 Å². The molecule has 0 spiro atoms. The fourth-order valence-electron chi connectivity index (χ4n) is 2.96. The second-order valence-corrected chi connectivity index (χ2v) is 7.37. The van der Waals surface area contributed by atoms with Crippen molar-refractivity contribution < 1.29 is 0 Å². The van der Waals surface area contributed by atoms with Gasteiger partial charge in [-0.25, -0.2) is 4.98 Å².